The Morgan fingerprint density at radius 1 is 1.32 bits per heavy atom. The summed E-state index contributed by atoms with van der Waals surface area (Å²) < 4.78 is 0. The molecule has 0 radical (unpaired) electrons. The molecule has 0 unspecified atom stereocenters. The average molecular weight is 301 g/mol. The zero-order chi connectivity index (χ0) is 15.9. The van der Waals surface area contributed by atoms with Gasteiger partial charge in [-0.3, -0.25) is 15.0 Å². The maximum Gasteiger partial charge on any atom is 0.245 e. The minimum atomic E-state index is -0.143. The van der Waals surface area contributed by atoms with E-state index in [1.54, 1.807) is 0 Å². The molecule has 1 aromatic carbocycles. The molecule has 1 aromatic rings. The predicted molar refractivity (Wildman–Crippen MR) is 86.3 cm³/mol. The van der Waals surface area contributed by atoms with Gasteiger partial charge in [0.25, 0.3) is 0 Å². The number of hydrogen-bond acceptors (Lipinski definition) is 3. The van der Waals surface area contributed by atoms with E-state index in [1.807, 2.05) is 36.4 Å². The van der Waals surface area contributed by atoms with E-state index in [9.17, 15) is 9.59 Å². The molecule has 1 aliphatic heterocycles. The van der Waals surface area contributed by atoms with Crippen molar-refractivity contribution in [2.45, 2.75) is 26.7 Å². The van der Waals surface area contributed by atoms with Gasteiger partial charge in [-0.15, -0.1) is 0 Å². The molecular weight excluding hydrogens is 278 g/mol. The molecule has 22 heavy (non-hydrogen) atoms. The second-order valence-electron chi connectivity index (χ2n) is 5.81. The van der Waals surface area contributed by atoms with Crippen molar-refractivity contribution in [2.24, 2.45) is 5.92 Å². The van der Waals surface area contributed by atoms with Crippen LogP contribution in [0.25, 0.3) is 5.70 Å². The normalized spacial score (nSPS) is 14.6. The van der Waals surface area contributed by atoms with E-state index >= 15 is 0 Å². The lowest BCUT2D eigenvalue weighted by Crippen LogP contribution is -2.49. The second-order valence-corrected chi connectivity index (χ2v) is 5.81. The molecule has 5 nitrogen and oxygen atoms in total. The number of benzene rings is 1. The van der Waals surface area contributed by atoms with Gasteiger partial charge in [0.1, 0.15) is 6.54 Å². The minimum Gasteiger partial charge on any atom is -0.354 e. The molecule has 0 fully saturated rings. The summed E-state index contributed by atoms with van der Waals surface area (Å²) in [7, 11) is 0. The highest BCUT2D eigenvalue weighted by atomic mass is 16.2. The van der Waals surface area contributed by atoms with Crippen molar-refractivity contribution >= 4 is 17.5 Å². The number of carbonyl (C=O) groups excluding carboxylic acids is 2. The minimum absolute atomic E-state index is 0.0289. The van der Waals surface area contributed by atoms with E-state index < -0.39 is 0 Å². The molecule has 118 valence electrons. The maximum atomic E-state index is 11.9. The third-order valence-corrected chi connectivity index (χ3v) is 3.47. The molecular formula is C17H23N3O2. The van der Waals surface area contributed by atoms with Gasteiger partial charge >= 0.3 is 0 Å². The van der Waals surface area contributed by atoms with Gasteiger partial charge in [-0.2, -0.15) is 0 Å². The largest absolute Gasteiger partial charge is 0.354 e. The molecule has 2 amide bonds. The van der Waals surface area contributed by atoms with E-state index in [2.05, 4.69) is 24.6 Å². The topological polar surface area (TPSA) is 61.4 Å². The first-order chi connectivity index (χ1) is 10.6. The summed E-state index contributed by atoms with van der Waals surface area (Å²) in [5.74, 6) is 0.303. The van der Waals surface area contributed by atoms with Crippen LogP contribution >= 0.6 is 0 Å². The van der Waals surface area contributed by atoms with Crippen LogP contribution in [-0.4, -0.2) is 29.9 Å². The van der Waals surface area contributed by atoms with Crippen molar-refractivity contribution in [1.82, 2.24) is 15.8 Å². The SMILES string of the molecule is CC(C)CCNC(=O)CN1NC(c2ccccc2)=CCC1=O. The Morgan fingerprint density at radius 2 is 2.05 bits per heavy atom. The number of amides is 2. The molecule has 0 aliphatic carbocycles. The van der Waals surface area contributed by atoms with E-state index in [0.717, 1.165) is 17.7 Å². The first-order valence-corrected chi connectivity index (χ1v) is 7.65. The standard InChI is InChI=1S/C17H23N3O2/c1-13(2)10-11-18-16(21)12-20-17(22)9-8-15(19-20)14-6-4-3-5-7-14/h3-8,13,19H,9-12H2,1-2H3,(H,18,21). The zero-order valence-corrected chi connectivity index (χ0v) is 13.1. The quantitative estimate of drug-likeness (QED) is 0.844. The summed E-state index contributed by atoms with van der Waals surface area (Å²) in [6.07, 6.45) is 3.09. The fourth-order valence-electron chi connectivity index (χ4n) is 2.18. The molecule has 1 heterocycles. The molecule has 5 heteroatoms. The number of nitrogens with zero attached hydrogens (tertiary/aromatic N) is 1. The van der Waals surface area contributed by atoms with E-state index in [4.69, 9.17) is 0 Å². The van der Waals surface area contributed by atoms with Crippen LogP contribution in [0.3, 0.4) is 0 Å². The monoisotopic (exact) mass is 301 g/mol. The number of hydrazine groups is 1. The molecule has 1 aliphatic rings. The smallest absolute Gasteiger partial charge is 0.245 e. The predicted octanol–water partition coefficient (Wildman–Crippen LogP) is 1.93. The summed E-state index contributed by atoms with van der Waals surface area (Å²) in [6.45, 7) is 4.89. The maximum absolute atomic E-state index is 11.9. The first kappa shape index (κ1) is 16.1. The van der Waals surface area contributed by atoms with Crippen molar-refractivity contribution in [3.05, 3.63) is 42.0 Å². The van der Waals surface area contributed by atoms with Gasteiger partial charge in [-0.25, -0.2) is 5.01 Å². The van der Waals surface area contributed by atoms with Crippen LogP contribution in [0, 0.1) is 5.92 Å². The summed E-state index contributed by atoms with van der Waals surface area (Å²) in [4.78, 5) is 23.8. The molecule has 0 atom stereocenters. The van der Waals surface area contributed by atoms with Crippen LogP contribution in [0.15, 0.2) is 36.4 Å². The van der Waals surface area contributed by atoms with E-state index in [-0.39, 0.29) is 18.4 Å². The van der Waals surface area contributed by atoms with Crippen molar-refractivity contribution in [2.75, 3.05) is 13.1 Å². The molecule has 0 bridgehead atoms. The highest BCUT2D eigenvalue weighted by Gasteiger charge is 2.21. The number of nitrogens with one attached hydrogen (secondary N) is 2. The Bertz CT molecular complexity index is 552. The second kappa shape index (κ2) is 7.64. The van der Waals surface area contributed by atoms with Crippen LogP contribution in [0.4, 0.5) is 0 Å². The van der Waals surface area contributed by atoms with Gasteiger partial charge in [-0.1, -0.05) is 44.2 Å². The lowest BCUT2D eigenvalue weighted by Gasteiger charge is -2.28. The van der Waals surface area contributed by atoms with Crippen molar-refractivity contribution in [3.8, 4) is 0 Å². The van der Waals surface area contributed by atoms with Crippen LogP contribution in [0.1, 0.15) is 32.3 Å². The Balaban J connectivity index is 1.90. The summed E-state index contributed by atoms with van der Waals surface area (Å²) in [6, 6.07) is 9.76. The fourth-order valence-corrected chi connectivity index (χ4v) is 2.18. The van der Waals surface area contributed by atoms with Gasteiger partial charge in [0.05, 0.1) is 5.70 Å². The zero-order valence-electron chi connectivity index (χ0n) is 13.1. The highest BCUT2D eigenvalue weighted by molar-refractivity contribution is 5.88. The van der Waals surface area contributed by atoms with Crippen molar-refractivity contribution in [3.63, 3.8) is 0 Å². The summed E-state index contributed by atoms with van der Waals surface area (Å²) in [5, 5.41) is 4.23. The fraction of sp³-hybridized carbons (Fsp3) is 0.412. The third kappa shape index (κ3) is 4.62. The average Bonchev–Trinajstić information content (AvgIpc) is 2.50. The Kier molecular flexibility index (Phi) is 5.58. The van der Waals surface area contributed by atoms with Gasteiger partial charge in [0.2, 0.25) is 11.8 Å². The van der Waals surface area contributed by atoms with E-state index in [0.29, 0.717) is 18.9 Å². The summed E-state index contributed by atoms with van der Waals surface area (Å²) in [5.41, 5.74) is 4.89. The molecule has 0 saturated heterocycles. The lowest BCUT2D eigenvalue weighted by atomic mass is 10.1. The van der Waals surface area contributed by atoms with Crippen LogP contribution in [-0.2, 0) is 9.59 Å². The molecule has 2 rings (SSSR count). The molecule has 0 saturated carbocycles. The first-order valence-electron chi connectivity index (χ1n) is 7.65. The summed E-state index contributed by atoms with van der Waals surface area (Å²) >= 11 is 0. The van der Waals surface area contributed by atoms with Crippen LogP contribution in [0.5, 0.6) is 0 Å². The molecule has 2 N–H and O–H groups in total. The van der Waals surface area contributed by atoms with Crippen LogP contribution < -0.4 is 10.7 Å². The number of hydrogen-bond donors (Lipinski definition) is 2. The van der Waals surface area contributed by atoms with Gasteiger partial charge in [0, 0.05) is 13.0 Å². The van der Waals surface area contributed by atoms with Gasteiger partial charge in [0.15, 0.2) is 0 Å². The van der Waals surface area contributed by atoms with Crippen molar-refractivity contribution < 1.29 is 9.59 Å². The number of carbonyl (C=O) groups is 2. The van der Waals surface area contributed by atoms with Gasteiger partial charge in [-0.05, 0) is 24.0 Å². The van der Waals surface area contributed by atoms with Crippen molar-refractivity contribution in [1.29, 1.82) is 0 Å². The third-order valence-electron chi connectivity index (χ3n) is 3.47. The molecule has 0 aromatic heterocycles. The highest BCUT2D eigenvalue weighted by Crippen LogP contribution is 2.16. The lowest BCUT2D eigenvalue weighted by molar-refractivity contribution is -0.137. The van der Waals surface area contributed by atoms with Crippen LogP contribution in [0.2, 0.25) is 0 Å². The molecule has 0 spiro atoms. The van der Waals surface area contributed by atoms with Gasteiger partial charge < -0.3 is 5.32 Å². The Hall–Kier alpha value is -2.30. The Morgan fingerprint density at radius 3 is 2.73 bits per heavy atom. The Labute approximate surface area is 131 Å². The number of rotatable bonds is 6. The van der Waals surface area contributed by atoms with E-state index in [1.165, 1.54) is 5.01 Å².